The van der Waals surface area contributed by atoms with Gasteiger partial charge < -0.3 is 0 Å². The second kappa shape index (κ2) is 10.5. The fourth-order valence-corrected chi connectivity index (χ4v) is 4.30. The van der Waals surface area contributed by atoms with Crippen LogP contribution in [0, 0.1) is 0 Å². The van der Waals surface area contributed by atoms with Crippen LogP contribution in [0.2, 0.25) is 0 Å². The van der Waals surface area contributed by atoms with Gasteiger partial charge in [0.05, 0.1) is 6.54 Å². The van der Waals surface area contributed by atoms with Crippen molar-refractivity contribution in [2.75, 3.05) is 0 Å². The molecule has 0 aliphatic rings. The van der Waals surface area contributed by atoms with Crippen molar-refractivity contribution in [1.82, 2.24) is 29.8 Å². The molecule has 2 heterocycles. The van der Waals surface area contributed by atoms with Crippen LogP contribution in [0.15, 0.2) is 53.3 Å². The molecule has 0 aliphatic heterocycles. The summed E-state index contributed by atoms with van der Waals surface area (Å²) in [4.78, 5) is 13.1. The Labute approximate surface area is 196 Å². The molecule has 7 nitrogen and oxygen atoms in total. The number of benzene rings is 2. The lowest BCUT2D eigenvalue weighted by atomic mass is 9.98. The Morgan fingerprint density at radius 1 is 0.971 bits per heavy atom. The fourth-order valence-electron chi connectivity index (χ4n) is 4.30. The third-order valence-electron chi connectivity index (χ3n) is 5.93. The Kier molecular flexibility index (Phi) is 7.30. The number of hydrogen-bond donors (Lipinski definition) is 1. The molecule has 178 valence electrons. The summed E-state index contributed by atoms with van der Waals surface area (Å²) < 4.78 is 30.7. The van der Waals surface area contributed by atoms with Gasteiger partial charge in [-0.15, -0.1) is 5.10 Å². The lowest BCUT2D eigenvalue weighted by Crippen LogP contribution is -2.26. The maximum atomic E-state index is 14.0. The van der Waals surface area contributed by atoms with Crippen LogP contribution in [0.3, 0.4) is 0 Å². The number of rotatable bonds is 10. The zero-order valence-electron chi connectivity index (χ0n) is 19.3. The van der Waals surface area contributed by atoms with E-state index in [1.54, 1.807) is 0 Å². The quantitative estimate of drug-likeness (QED) is 0.347. The monoisotopic (exact) mass is 466 g/mol. The third kappa shape index (κ3) is 4.69. The SMILES string of the molecule is CCCCc1c(C(F)F)n(CCC)c(=O)n1Cc1ccc(-c2ccccc2-c2nnn[nH]2)cc1. The first kappa shape index (κ1) is 23.5. The average Bonchev–Trinajstić information content (AvgIpc) is 3.47. The maximum Gasteiger partial charge on any atom is 0.329 e. The molecule has 0 spiro atoms. The highest BCUT2D eigenvalue weighted by molar-refractivity contribution is 5.80. The number of unbranched alkanes of at least 4 members (excludes halogenated alkanes) is 1. The molecule has 0 saturated heterocycles. The molecule has 4 aromatic rings. The number of imidazole rings is 1. The van der Waals surface area contributed by atoms with Crippen LogP contribution in [0.1, 0.15) is 56.5 Å². The molecule has 0 bridgehead atoms. The van der Waals surface area contributed by atoms with Crippen molar-refractivity contribution >= 4 is 0 Å². The molecule has 4 rings (SSSR count). The summed E-state index contributed by atoms with van der Waals surface area (Å²) in [7, 11) is 0. The van der Waals surface area contributed by atoms with Crippen LogP contribution >= 0.6 is 0 Å². The molecular weight excluding hydrogens is 438 g/mol. The van der Waals surface area contributed by atoms with Crippen LogP contribution in [0.5, 0.6) is 0 Å². The highest BCUT2D eigenvalue weighted by Crippen LogP contribution is 2.30. The number of alkyl halides is 2. The van der Waals surface area contributed by atoms with Crippen LogP contribution < -0.4 is 5.69 Å². The summed E-state index contributed by atoms with van der Waals surface area (Å²) in [5.41, 5.74) is 3.62. The number of aromatic nitrogens is 6. The Hall–Kier alpha value is -3.62. The molecule has 34 heavy (non-hydrogen) atoms. The van der Waals surface area contributed by atoms with Gasteiger partial charge in [-0.3, -0.25) is 9.13 Å². The number of tetrazole rings is 1. The van der Waals surface area contributed by atoms with Crippen LogP contribution in [0.4, 0.5) is 8.78 Å². The average molecular weight is 467 g/mol. The van der Waals surface area contributed by atoms with E-state index in [4.69, 9.17) is 0 Å². The molecular formula is C25H28F2N6O. The van der Waals surface area contributed by atoms with Crippen molar-refractivity contribution < 1.29 is 8.78 Å². The molecule has 9 heteroatoms. The van der Waals surface area contributed by atoms with Gasteiger partial charge in [-0.05, 0) is 46.4 Å². The van der Waals surface area contributed by atoms with E-state index in [-0.39, 0.29) is 24.5 Å². The van der Waals surface area contributed by atoms with E-state index >= 15 is 0 Å². The number of hydrogen-bond acceptors (Lipinski definition) is 4. The van der Waals surface area contributed by atoms with Crippen LogP contribution in [0.25, 0.3) is 22.5 Å². The highest BCUT2D eigenvalue weighted by Gasteiger charge is 2.25. The number of H-pyrrole nitrogens is 1. The Bertz CT molecular complexity index is 1280. The van der Waals surface area contributed by atoms with E-state index in [1.165, 1.54) is 9.13 Å². The van der Waals surface area contributed by atoms with Crippen molar-refractivity contribution in [3.05, 3.63) is 76.0 Å². The summed E-state index contributed by atoms with van der Waals surface area (Å²) >= 11 is 0. The van der Waals surface area contributed by atoms with Gasteiger partial charge in [-0.25, -0.2) is 18.7 Å². The predicted octanol–water partition coefficient (Wildman–Crippen LogP) is 5.24. The normalized spacial score (nSPS) is 11.4. The van der Waals surface area contributed by atoms with Gasteiger partial charge in [0.1, 0.15) is 5.69 Å². The molecule has 2 aromatic heterocycles. The summed E-state index contributed by atoms with van der Waals surface area (Å²) in [6.45, 7) is 4.44. The molecule has 0 aliphatic carbocycles. The molecule has 0 atom stereocenters. The first-order chi connectivity index (χ1) is 16.5. The summed E-state index contributed by atoms with van der Waals surface area (Å²) in [6.07, 6.45) is 0.00760. The van der Waals surface area contributed by atoms with E-state index in [2.05, 4.69) is 20.6 Å². The molecule has 1 N–H and O–H groups in total. The van der Waals surface area contributed by atoms with E-state index in [0.29, 0.717) is 24.4 Å². The number of nitrogens with zero attached hydrogens (tertiary/aromatic N) is 5. The maximum absolute atomic E-state index is 14.0. The zero-order chi connectivity index (χ0) is 24.1. The van der Waals surface area contributed by atoms with E-state index in [0.717, 1.165) is 35.1 Å². The second-order valence-corrected chi connectivity index (χ2v) is 8.25. The van der Waals surface area contributed by atoms with E-state index in [9.17, 15) is 13.6 Å². The van der Waals surface area contributed by atoms with Crippen LogP contribution in [-0.2, 0) is 19.5 Å². The smallest absolute Gasteiger partial charge is 0.291 e. The lowest BCUT2D eigenvalue weighted by molar-refractivity contribution is 0.139. The third-order valence-corrected chi connectivity index (χ3v) is 5.93. The number of halogens is 2. The Balaban J connectivity index is 1.69. The van der Waals surface area contributed by atoms with Crippen molar-refractivity contribution in [2.45, 2.75) is 59.0 Å². The molecule has 0 unspecified atom stereocenters. The molecule has 0 radical (unpaired) electrons. The van der Waals surface area contributed by atoms with Crippen molar-refractivity contribution in [2.24, 2.45) is 0 Å². The first-order valence-electron chi connectivity index (χ1n) is 11.6. The second-order valence-electron chi connectivity index (χ2n) is 8.25. The summed E-state index contributed by atoms with van der Waals surface area (Å²) in [6, 6.07) is 15.6. The van der Waals surface area contributed by atoms with Crippen molar-refractivity contribution in [3.63, 3.8) is 0 Å². The minimum absolute atomic E-state index is 0.133. The fraction of sp³-hybridized carbons (Fsp3) is 0.360. The summed E-state index contributed by atoms with van der Waals surface area (Å²) in [5.74, 6) is 0.573. The van der Waals surface area contributed by atoms with Gasteiger partial charge in [0.2, 0.25) is 0 Å². The number of nitrogens with one attached hydrogen (secondary N) is 1. The van der Waals surface area contributed by atoms with Gasteiger partial charge in [0, 0.05) is 17.8 Å². The molecule has 0 fully saturated rings. The highest BCUT2D eigenvalue weighted by atomic mass is 19.3. The van der Waals surface area contributed by atoms with Gasteiger partial charge in [-0.1, -0.05) is 68.8 Å². The largest absolute Gasteiger partial charge is 0.329 e. The molecule has 0 amide bonds. The minimum atomic E-state index is -2.68. The van der Waals surface area contributed by atoms with E-state index < -0.39 is 6.43 Å². The first-order valence-corrected chi connectivity index (χ1v) is 11.6. The number of aromatic amines is 1. The molecule has 2 aromatic carbocycles. The zero-order valence-corrected chi connectivity index (χ0v) is 19.3. The van der Waals surface area contributed by atoms with Gasteiger partial charge >= 0.3 is 5.69 Å². The summed E-state index contributed by atoms with van der Waals surface area (Å²) in [5, 5.41) is 14.1. The van der Waals surface area contributed by atoms with Gasteiger partial charge in [0.15, 0.2) is 5.82 Å². The predicted molar refractivity (Wildman–Crippen MR) is 127 cm³/mol. The lowest BCUT2D eigenvalue weighted by Gasteiger charge is -2.11. The van der Waals surface area contributed by atoms with Crippen LogP contribution in [-0.4, -0.2) is 29.8 Å². The topological polar surface area (TPSA) is 81.4 Å². The van der Waals surface area contributed by atoms with Crippen molar-refractivity contribution in [3.8, 4) is 22.5 Å². The Morgan fingerprint density at radius 2 is 1.71 bits per heavy atom. The minimum Gasteiger partial charge on any atom is -0.291 e. The van der Waals surface area contributed by atoms with Gasteiger partial charge in [-0.2, -0.15) is 0 Å². The van der Waals surface area contributed by atoms with Gasteiger partial charge in [0.25, 0.3) is 6.43 Å². The standard InChI is InChI=1S/C25H28F2N6O/c1-3-5-10-21-22(23(26)27)32(15-4-2)25(34)33(21)16-17-11-13-18(14-12-17)19-8-6-7-9-20(19)24-28-30-31-29-24/h6-9,11-14,23H,3-5,10,15-16H2,1-2H3,(H,28,29,30,31). The molecule has 0 saturated carbocycles. The van der Waals surface area contributed by atoms with E-state index in [1.807, 2.05) is 62.4 Å². The van der Waals surface area contributed by atoms with Crippen molar-refractivity contribution in [1.29, 1.82) is 0 Å². The Morgan fingerprint density at radius 3 is 2.32 bits per heavy atom.